The predicted molar refractivity (Wildman–Crippen MR) is 70.6 cm³/mol. The van der Waals surface area contributed by atoms with Crippen molar-refractivity contribution in [2.75, 3.05) is 0 Å². The van der Waals surface area contributed by atoms with Crippen molar-refractivity contribution in [1.29, 1.82) is 0 Å². The minimum absolute atomic E-state index is 0.278. The summed E-state index contributed by atoms with van der Waals surface area (Å²) in [5, 5.41) is 3.19. The predicted octanol–water partition coefficient (Wildman–Crippen LogP) is 3.74. The molecule has 0 spiro atoms. The summed E-state index contributed by atoms with van der Waals surface area (Å²) in [4.78, 5) is 4.26. The van der Waals surface area contributed by atoms with Crippen LogP contribution in [0.3, 0.4) is 0 Å². The Labute approximate surface area is 119 Å². The van der Waals surface area contributed by atoms with Crippen LogP contribution in [0.15, 0.2) is 34.9 Å². The Balaban J connectivity index is 2.05. The molecule has 2 rings (SSSR count). The molecule has 2 aromatic rings. The molecule has 1 N–H and O–H groups in total. The topological polar surface area (TPSA) is 47.3 Å². The van der Waals surface area contributed by atoms with E-state index in [0.29, 0.717) is 24.0 Å². The molecule has 1 aromatic carbocycles. The first kappa shape index (κ1) is 15.4. The lowest BCUT2D eigenvalue weighted by Gasteiger charge is -2.08. The van der Waals surface area contributed by atoms with Crippen molar-refractivity contribution in [3.8, 4) is 17.2 Å². The zero-order valence-corrected chi connectivity index (χ0v) is 11.6. The van der Waals surface area contributed by atoms with Crippen LogP contribution in [0.4, 0.5) is 13.2 Å². The Morgan fingerprint density at radius 3 is 2.48 bits per heavy atom. The molecule has 1 aromatic heterocycles. The maximum atomic E-state index is 12.1. The highest BCUT2D eigenvalue weighted by atomic mass is 19.4. The molecule has 7 heteroatoms. The van der Waals surface area contributed by atoms with Crippen LogP contribution in [0, 0.1) is 0 Å². The zero-order valence-electron chi connectivity index (χ0n) is 11.6. The third-order valence-electron chi connectivity index (χ3n) is 2.58. The van der Waals surface area contributed by atoms with Gasteiger partial charge in [0.2, 0.25) is 5.89 Å². The van der Waals surface area contributed by atoms with Crippen LogP contribution in [0.1, 0.15) is 19.5 Å². The van der Waals surface area contributed by atoms with Gasteiger partial charge in [-0.25, -0.2) is 4.98 Å². The summed E-state index contributed by atoms with van der Waals surface area (Å²) in [5.41, 5.74) is 1.31. The molecular weight excluding hydrogens is 285 g/mol. The summed E-state index contributed by atoms with van der Waals surface area (Å²) in [7, 11) is 0. The van der Waals surface area contributed by atoms with Crippen LogP contribution in [-0.4, -0.2) is 17.4 Å². The second-order valence-electron chi connectivity index (χ2n) is 4.75. The lowest BCUT2D eigenvalue weighted by molar-refractivity contribution is -0.274. The van der Waals surface area contributed by atoms with Crippen molar-refractivity contribution < 1.29 is 22.3 Å². The Morgan fingerprint density at radius 1 is 1.24 bits per heavy atom. The van der Waals surface area contributed by atoms with E-state index in [1.165, 1.54) is 30.5 Å². The quantitative estimate of drug-likeness (QED) is 0.914. The molecule has 21 heavy (non-hydrogen) atoms. The van der Waals surface area contributed by atoms with Gasteiger partial charge < -0.3 is 14.5 Å². The van der Waals surface area contributed by atoms with Gasteiger partial charge in [-0.3, -0.25) is 0 Å². The first-order valence-corrected chi connectivity index (χ1v) is 6.37. The first-order valence-electron chi connectivity index (χ1n) is 6.37. The number of rotatable bonds is 5. The number of halogens is 3. The Morgan fingerprint density at radius 2 is 1.90 bits per heavy atom. The van der Waals surface area contributed by atoms with Gasteiger partial charge in [-0.15, -0.1) is 13.2 Å². The van der Waals surface area contributed by atoms with Crippen molar-refractivity contribution >= 4 is 0 Å². The van der Waals surface area contributed by atoms with Crippen molar-refractivity contribution in [3.63, 3.8) is 0 Å². The highest BCUT2D eigenvalue weighted by molar-refractivity contribution is 5.54. The third kappa shape index (κ3) is 4.78. The van der Waals surface area contributed by atoms with Crippen molar-refractivity contribution in [3.05, 3.63) is 36.2 Å². The average molecular weight is 300 g/mol. The zero-order chi connectivity index (χ0) is 15.5. The molecule has 0 fully saturated rings. The Bertz CT molecular complexity index is 577. The number of aromatic nitrogens is 1. The third-order valence-corrected chi connectivity index (χ3v) is 2.58. The molecule has 0 bridgehead atoms. The van der Waals surface area contributed by atoms with Gasteiger partial charge in [0.1, 0.15) is 12.0 Å². The van der Waals surface area contributed by atoms with E-state index in [9.17, 15) is 13.2 Å². The molecule has 0 amide bonds. The van der Waals surface area contributed by atoms with E-state index in [-0.39, 0.29) is 5.75 Å². The van der Waals surface area contributed by atoms with Gasteiger partial charge in [-0.1, -0.05) is 13.8 Å². The second-order valence-corrected chi connectivity index (χ2v) is 4.75. The summed E-state index contributed by atoms with van der Waals surface area (Å²) in [6.07, 6.45) is -3.18. The number of benzene rings is 1. The van der Waals surface area contributed by atoms with E-state index < -0.39 is 6.36 Å². The maximum absolute atomic E-state index is 12.1. The molecular formula is C14H15F3N2O2. The number of hydrogen-bond donors (Lipinski definition) is 1. The van der Waals surface area contributed by atoms with Gasteiger partial charge in [0.15, 0.2) is 0 Å². The van der Waals surface area contributed by atoms with Crippen molar-refractivity contribution in [2.24, 2.45) is 0 Å². The van der Waals surface area contributed by atoms with Crippen molar-refractivity contribution in [1.82, 2.24) is 10.3 Å². The fourth-order valence-corrected chi connectivity index (χ4v) is 1.63. The summed E-state index contributed by atoms with van der Waals surface area (Å²) in [6, 6.07) is 5.70. The minimum atomic E-state index is -4.69. The normalized spacial score (nSPS) is 11.9. The summed E-state index contributed by atoms with van der Waals surface area (Å²) in [6.45, 7) is 4.59. The largest absolute Gasteiger partial charge is 0.573 e. The highest BCUT2D eigenvalue weighted by Gasteiger charge is 2.31. The average Bonchev–Trinajstić information content (AvgIpc) is 2.84. The second kappa shape index (κ2) is 6.17. The Kier molecular flexibility index (Phi) is 4.52. The fourth-order valence-electron chi connectivity index (χ4n) is 1.63. The number of alkyl halides is 3. The van der Waals surface area contributed by atoms with Gasteiger partial charge in [0.05, 0.1) is 5.69 Å². The van der Waals surface area contributed by atoms with E-state index in [1.54, 1.807) is 0 Å². The molecule has 0 saturated heterocycles. The summed E-state index contributed by atoms with van der Waals surface area (Å²) in [5.74, 6) is 0.0774. The molecule has 0 atom stereocenters. The van der Waals surface area contributed by atoms with E-state index in [1.807, 2.05) is 13.8 Å². The first-order chi connectivity index (χ1) is 9.83. The van der Waals surface area contributed by atoms with Crippen LogP contribution in [0.5, 0.6) is 5.75 Å². The lowest BCUT2D eigenvalue weighted by Crippen LogP contribution is -2.21. The molecule has 4 nitrogen and oxygen atoms in total. The van der Waals surface area contributed by atoms with Gasteiger partial charge in [0, 0.05) is 18.2 Å². The van der Waals surface area contributed by atoms with E-state index in [2.05, 4.69) is 15.0 Å². The molecule has 114 valence electrons. The van der Waals surface area contributed by atoms with Crippen LogP contribution in [-0.2, 0) is 6.54 Å². The molecule has 0 aliphatic rings. The van der Waals surface area contributed by atoms with Crippen molar-refractivity contribution in [2.45, 2.75) is 32.8 Å². The Hall–Kier alpha value is -2.02. The summed E-state index contributed by atoms with van der Waals surface area (Å²) >= 11 is 0. The molecule has 0 saturated carbocycles. The van der Waals surface area contributed by atoms with Gasteiger partial charge in [-0.2, -0.15) is 0 Å². The highest BCUT2D eigenvalue weighted by Crippen LogP contribution is 2.26. The molecule has 0 radical (unpaired) electrons. The molecule has 0 aliphatic carbocycles. The summed E-state index contributed by atoms with van der Waals surface area (Å²) < 4.78 is 45.3. The van der Waals surface area contributed by atoms with Gasteiger partial charge in [-0.05, 0) is 24.3 Å². The van der Waals surface area contributed by atoms with Gasteiger partial charge in [0.25, 0.3) is 0 Å². The lowest BCUT2D eigenvalue weighted by atomic mass is 10.2. The minimum Gasteiger partial charge on any atom is -0.444 e. The fraction of sp³-hybridized carbons (Fsp3) is 0.357. The standard InChI is InChI=1S/C14H15F3N2O2/c1-9(2)18-7-11-8-20-13(19-11)10-3-5-12(6-4-10)21-14(15,16)17/h3-6,8-9,18H,7H2,1-2H3. The number of hydrogen-bond acceptors (Lipinski definition) is 4. The number of nitrogens with one attached hydrogen (secondary N) is 1. The number of oxazole rings is 1. The van der Waals surface area contributed by atoms with Crippen LogP contribution in [0.25, 0.3) is 11.5 Å². The smallest absolute Gasteiger partial charge is 0.444 e. The van der Waals surface area contributed by atoms with Crippen LogP contribution in [0.2, 0.25) is 0 Å². The number of nitrogens with zero attached hydrogens (tertiary/aromatic N) is 1. The maximum Gasteiger partial charge on any atom is 0.573 e. The van der Waals surface area contributed by atoms with E-state index >= 15 is 0 Å². The SMILES string of the molecule is CC(C)NCc1coc(-c2ccc(OC(F)(F)F)cc2)n1. The van der Waals surface area contributed by atoms with Crippen LogP contribution < -0.4 is 10.1 Å². The number of ether oxygens (including phenoxy) is 1. The molecule has 0 aliphatic heterocycles. The van der Waals surface area contributed by atoms with E-state index in [4.69, 9.17) is 4.42 Å². The molecule has 0 unspecified atom stereocenters. The molecule has 1 heterocycles. The van der Waals surface area contributed by atoms with Crippen LogP contribution >= 0.6 is 0 Å². The van der Waals surface area contributed by atoms with E-state index in [0.717, 1.165) is 5.69 Å². The monoisotopic (exact) mass is 300 g/mol. The van der Waals surface area contributed by atoms with Gasteiger partial charge >= 0.3 is 6.36 Å².